The Balaban J connectivity index is 1.72. The van der Waals surface area contributed by atoms with Crippen LogP contribution in [0.2, 0.25) is 0 Å². The second kappa shape index (κ2) is 6.91. The van der Waals surface area contributed by atoms with Gasteiger partial charge in [0.25, 0.3) is 0 Å². The molecule has 88 valence electrons. The Morgan fingerprint density at radius 2 is 1.47 bits per heavy atom. The molecule has 2 saturated heterocycles. The Morgan fingerprint density at radius 3 is 2.07 bits per heavy atom. The lowest BCUT2D eigenvalue weighted by molar-refractivity contribution is 0.219. The molecule has 0 aromatic carbocycles. The summed E-state index contributed by atoms with van der Waals surface area (Å²) in [5.74, 6) is 4.90. The first kappa shape index (κ1) is 12.8. The quantitative estimate of drug-likeness (QED) is 0.779. The van der Waals surface area contributed by atoms with Gasteiger partial charge in [0.05, 0.1) is 0 Å². The number of rotatable bonds is 3. The minimum Gasteiger partial charge on any atom is -0.283 e. The van der Waals surface area contributed by atoms with Gasteiger partial charge in [-0.05, 0) is 6.92 Å². The van der Waals surface area contributed by atoms with Crippen molar-refractivity contribution < 1.29 is 0 Å². The maximum absolute atomic E-state index is 2.60. The topological polar surface area (TPSA) is 6.48 Å². The van der Waals surface area contributed by atoms with E-state index in [-0.39, 0.29) is 0 Å². The zero-order valence-electron chi connectivity index (χ0n) is 9.05. The summed E-state index contributed by atoms with van der Waals surface area (Å²) in [6.07, 6.45) is 0. The summed E-state index contributed by atoms with van der Waals surface area (Å²) in [4.78, 5) is 5.18. The molecule has 0 aromatic rings. The molecule has 0 bridgehead atoms. The zero-order chi connectivity index (χ0) is 10.5. The first-order valence-electron chi connectivity index (χ1n) is 5.13. The van der Waals surface area contributed by atoms with E-state index >= 15 is 0 Å². The second-order valence-electron chi connectivity index (χ2n) is 3.86. The van der Waals surface area contributed by atoms with Crippen molar-refractivity contribution >= 4 is 47.0 Å². The zero-order valence-corrected chi connectivity index (χ0v) is 12.3. The average molecular weight is 283 g/mol. The molecule has 1 unspecified atom stereocenters. The van der Waals surface area contributed by atoms with Crippen LogP contribution in [0, 0.1) is 0 Å². The van der Waals surface area contributed by atoms with Crippen LogP contribution in [0.5, 0.6) is 0 Å². The molecule has 15 heavy (non-hydrogen) atoms. The summed E-state index contributed by atoms with van der Waals surface area (Å²) in [6, 6.07) is 0.713. The maximum atomic E-state index is 2.60. The summed E-state index contributed by atoms with van der Waals surface area (Å²) in [7, 11) is 0. The van der Waals surface area contributed by atoms with Crippen LogP contribution in [-0.4, -0.2) is 56.1 Å². The standard InChI is InChI=1S/C9H18N2S4/c1-9(11-5-14-8-15-6-11)2-10-3-12-7-13-4-10/h9H,2-8H2,1H3. The Labute approximate surface area is 110 Å². The van der Waals surface area contributed by atoms with E-state index in [1.54, 1.807) is 0 Å². The molecule has 2 heterocycles. The van der Waals surface area contributed by atoms with Gasteiger partial charge >= 0.3 is 0 Å². The summed E-state index contributed by atoms with van der Waals surface area (Å²) < 4.78 is 0. The van der Waals surface area contributed by atoms with Crippen molar-refractivity contribution in [2.24, 2.45) is 0 Å². The second-order valence-corrected chi connectivity index (χ2v) is 8.41. The molecule has 2 rings (SSSR count). The van der Waals surface area contributed by atoms with Gasteiger partial charge in [0.2, 0.25) is 0 Å². The lowest BCUT2D eigenvalue weighted by atomic mass is 10.3. The van der Waals surface area contributed by atoms with Gasteiger partial charge in [-0.1, -0.05) is 0 Å². The number of hydrogen-bond acceptors (Lipinski definition) is 6. The molecule has 6 heteroatoms. The van der Waals surface area contributed by atoms with Crippen molar-refractivity contribution in [3.05, 3.63) is 0 Å². The molecular formula is C9H18N2S4. The molecule has 2 aliphatic rings. The summed E-state index contributed by atoms with van der Waals surface area (Å²) in [5, 5.41) is 2.55. The molecule has 0 aliphatic carbocycles. The van der Waals surface area contributed by atoms with E-state index < -0.39 is 0 Å². The van der Waals surface area contributed by atoms with E-state index in [2.05, 4.69) is 63.8 Å². The average Bonchev–Trinajstić information content (AvgIpc) is 2.31. The highest BCUT2D eigenvalue weighted by molar-refractivity contribution is 8.16. The first-order chi connectivity index (χ1) is 7.36. The molecule has 2 nitrogen and oxygen atoms in total. The monoisotopic (exact) mass is 282 g/mol. The van der Waals surface area contributed by atoms with Crippen LogP contribution in [0.15, 0.2) is 0 Å². The largest absolute Gasteiger partial charge is 0.283 e. The number of hydrogen-bond donors (Lipinski definition) is 0. The van der Waals surface area contributed by atoms with Crippen molar-refractivity contribution in [2.45, 2.75) is 13.0 Å². The number of nitrogens with zero attached hydrogens (tertiary/aromatic N) is 2. The van der Waals surface area contributed by atoms with Crippen LogP contribution in [-0.2, 0) is 0 Å². The Bertz CT molecular complexity index is 181. The Hall–Kier alpha value is 1.32. The molecule has 1 atom stereocenters. The maximum Gasteiger partial charge on any atom is 0.0464 e. The molecule has 0 saturated carbocycles. The molecule has 2 fully saturated rings. The van der Waals surface area contributed by atoms with E-state index in [0.717, 1.165) is 0 Å². The van der Waals surface area contributed by atoms with Gasteiger partial charge in [0, 0.05) is 46.3 Å². The fourth-order valence-corrected chi connectivity index (χ4v) is 6.12. The number of thioether (sulfide) groups is 4. The molecule has 0 N–H and O–H groups in total. The van der Waals surface area contributed by atoms with Crippen LogP contribution >= 0.6 is 47.0 Å². The fourth-order valence-electron chi connectivity index (χ4n) is 1.68. The van der Waals surface area contributed by atoms with Crippen LogP contribution in [0.3, 0.4) is 0 Å². The van der Waals surface area contributed by atoms with Gasteiger partial charge in [-0.25, -0.2) is 0 Å². The van der Waals surface area contributed by atoms with Gasteiger partial charge < -0.3 is 0 Å². The van der Waals surface area contributed by atoms with E-state index in [4.69, 9.17) is 0 Å². The Kier molecular flexibility index (Phi) is 5.88. The third-order valence-corrected chi connectivity index (χ3v) is 7.33. The van der Waals surface area contributed by atoms with Crippen molar-refractivity contribution in [1.29, 1.82) is 0 Å². The van der Waals surface area contributed by atoms with Gasteiger partial charge in [0.1, 0.15) is 0 Å². The van der Waals surface area contributed by atoms with Crippen molar-refractivity contribution in [3.8, 4) is 0 Å². The smallest absolute Gasteiger partial charge is 0.0464 e. The fraction of sp³-hybridized carbons (Fsp3) is 1.00. The lowest BCUT2D eigenvalue weighted by Crippen LogP contribution is -2.43. The van der Waals surface area contributed by atoms with Crippen molar-refractivity contribution in [2.75, 3.05) is 40.2 Å². The van der Waals surface area contributed by atoms with Crippen LogP contribution in [0.4, 0.5) is 0 Å². The first-order valence-corrected chi connectivity index (χ1v) is 9.75. The minimum absolute atomic E-state index is 0.713. The Morgan fingerprint density at radius 1 is 0.933 bits per heavy atom. The molecule has 0 aromatic heterocycles. The van der Waals surface area contributed by atoms with Gasteiger partial charge in [0.15, 0.2) is 0 Å². The van der Waals surface area contributed by atoms with Crippen molar-refractivity contribution in [3.63, 3.8) is 0 Å². The predicted molar refractivity (Wildman–Crippen MR) is 77.6 cm³/mol. The van der Waals surface area contributed by atoms with E-state index in [9.17, 15) is 0 Å². The highest BCUT2D eigenvalue weighted by atomic mass is 32.2. The highest BCUT2D eigenvalue weighted by Crippen LogP contribution is 2.26. The third-order valence-electron chi connectivity index (χ3n) is 2.54. The van der Waals surface area contributed by atoms with E-state index in [1.165, 1.54) is 40.2 Å². The van der Waals surface area contributed by atoms with E-state index in [0.29, 0.717) is 6.04 Å². The van der Waals surface area contributed by atoms with Gasteiger partial charge in [-0.15, -0.1) is 47.0 Å². The summed E-state index contributed by atoms with van der Waals surface area (Å²) >= 11 is 8.21. The highest BCUT2D eigenvalue weighted by Gasteiger charge is 2.20. The summed E-state index contributed by atoms with van der Waals surface area (Å²) in [6.45, 7) is 3.61. The van der Waals surface area contributed by atoms with Crippen molar-refractivity contribution in [1.82, 2.24) is 9.80 Å². The molecule has 0 radical (unpaired) electrons. The van der Waals surface area contributed by atoms with Crippen LogP contribution in [0.25, 0.3) is 0 Å². The van der Waals surface area contributed by atoms with Gasteiger partial charge in [-0.3, -0.25) is 9.80 Å². The summed E-state index contributed by atoms with van der Waals surface area (Å²) in [5.41, 5.74) is 0. The normalized spacial score (nSPS) is 27.8. The molecule has 2 aliphatic heterocycles. The van der Waals surface area contributed by atoms with Crippen LogP contribution in [0.1, 0.15) is 6.92 Å². The minimum atomic E-state index is 0.713. The lowest BCUT2D eigenvalue weighted by Gasteiger charge is -2.35. The third kappa shape index (κ3) is 4.24. The predicted octanol–water partition coefficient (Wildman–Crippen LogP) is 2.68. The van der Waals surface area contributed by atoms with Gasteiger partial charge in [-0.2, -0.15) is 0 Å². The van der Waals surface area contributed by atoms with E-state index in [1.807, 2.05) is 0 Å². The molecule has 0 spiro atoms. The molecule has 0 amide bonds. The molecular weight excluding hydrogens is 264 g/mol. The SMILES string of the molecule is CC(CN1CSCSC1)N1CSCSC1. The van der Waals surface area contributed by atoms with Crippen LogP contribution < -0.4 is 0 Å².